The minimum atomic E-state index is -0.0213. The molecule has 104 valence electrons. The van der Waals surface area contributed by atoms with Crippen LogP contribution in [-0.2, 0) is 0 Å². The van der Waals surface area contributed by atoms with Crippen LogP contribution in [0.2, 0.25) is 0 Å². The number of aryl methyl sites for hydroxylation is 1. The van der Waals surface area contributed by atoms with E-state index in [2.05, 4.69) is 10.6 Å². The minimum Gasteiger partial charge on any atom is -0.496 e. The lowest BCUT2D eigenvalue weighted by Gasteiger charge is -2.17. The van der Waals surface area contributed by atoms with E-state index < -0.39 is 0 Å². The van der Waals surface area contributed by atoms with Crippen molar-refractivity contribution >= 4 is 5.91 Å². The topological polar surface area (TPSA) is 50.4 Å². The number of rotatable bonds is 3. The highest BCUT2D eigenvalue weighted by Crippen LogP contribution is 2.19. The average Bonchev–Trinajstić information content (AvgIpc) is 2.68. The number of carbonyl (C=O) groups is 1. The molecule has 0 saturated carbocycles. The third kappa shape index (κ3) is 3.70. The first-order chi connectivity index (χ1) is 9.20. The summed E-state index contributed by atoms with van der Waals surface area (Å²) in [6.45, 7) is 3.87. The minimum absolute atomic E-state index is 0.0213. The number of ether oxygens (including phenoxy) is 1. The highest BCUT2D eigenvalue weighted by atomic mass is 16.5. The molecule has 1 aromatic carbocycles. The van der Waals surface area contributed by atoms with Crippen molar-refractivity contribution in [2.24, 2.45) is 0 Å². The van der Waals surface area contributed by atoms with E-state index in [1.807, 2.05) is 19.1 Å². The smallest absolute Gasteiger partial charge is 0.251 e. The summed E-state index contributed by atoms with van der Waals surface area (Å²) >= 11 is 0. The Morgan fingerprint density at radius 2 is 2.26 bits per heavy atom. The molecule has 1 heterocycles. The molecule has 19 heavy (non-hydrogen) atoms. The highest BCUT2D eigenvalue weighted by Gasteiger charge is 2.16. The Labute approximate surface area is 114 Å². The van der Waals surface area contributed by atoms with Crippen LogP contribution in [-0.4, -0.2) is 32.1 Å². The molecule has 0 radical (unpaired) electrons. The van der Waals surface area contributed by atoms with Gasteiger partial charge in [0.05, 0.1) is 7.11 Å². The van der Waals surface area contributed by atoms with Crippen molar-refractivity contribution in [3.63, 3.8) is 0 Å². The molecule has 2 N–H and O–H groups in total. The molecule has 0 bridgehead atoms. The molecule has 1 saturated heterocycles. The van der Waals surface area contributed by atoms with Crippen molar-refractivity contribution in [2.75, 3.05) is 20.2 Å². The number of nitrogens with one attached hydrogen (secondary N) is 2. The second-order valence-corrected chi connectivity index (χ2v) is 5.05. The van der Waals surface area contributed by atoms with E-state index in [-0.39, 0.29) is 11.9 Å². The van der Waals surface area contributed by atoms with Gasteiger partial charge in [-0.05, 0) is 44.0 Å². The maximum atomic E-state index is 12.2. The van der Waals surface area contributed by atoms with E-state index in [0.717, 1.165) is 37.2 Å². The Bertz CT molecular complexity index is 438. The SMILES string of the molecule is COc1cc(C(=O)NC2CCCCNC2)ccc1C. The fraction of sp³-hybridized carbons (Fsp3) is 0.533. The molecule has 1 aliphatic rings. The van der Waals surface area contributed by atoms with Crippen LogP contribution in [0.15, 0.2) is 18.2 Å². The standard InChI is InChI=1S/C15H22N2O2/c1-11-6-7-12(9-14(11)19-2)15(18)17-13-5-3-4-8-16-10-13/h6-7,9,13,16H,3-5,8,10H2,1-2H3,(H,17,18). The molecule has 4 heteroatoms. The largest absolute Gasteiger partial charge is 0.496 e. The van der Waals surface area contributed by atoms with Crippen LogP contribution in [0.4, 0.5) is 0 Å². The van der Waals surface area contributed by atoms with E-state index in [4.69, 9.17) is 4.74 Å². The van der Waals surface area contributed by atoms with Gasteiger partial charge < -0.3 is 15.4 Å². The van der Waals surface area contributed by atoms with Crippen LogP contribution in [0.5, 0.6) is 5.75 Å². The summed E-state index contributed by atoms with van der Waals surface area (Å²) in [6.07, 6.45) is 3.39. The Morgan fingerprint density at radius 1 is 1.42 bits per heavy atom. The second kappa shape index (κ2) is 6.57. The van der Waals surface area contributed by atoms with Crippen molar-refractivity contribution in [3.05, 3.63) is 29.3 Å². The van der Waals surface area contributed by atoms with Gasteiger partial charge in [-0.15, -0.1) is 0 Å². The highest BCUT2D eigenvalue weighted by molar-refractivity contribution is 5.94. The zero-order valence-corrected chi connectivity index (χ0v) is 11.7. The number of hydrogen-bond acceptors (Lipinski definition) is 3. The molecule has 1 aromatic rings. The molecule has 1 atom stereocenters. The molecule has 2 rings (SSSR count). The molecule has 4 nitrogen and oxygen atoms in total. The second-order valence-electron chi connectivity index (χ2n) is 5.05. The van der Waals surface area contributed by atoms with E-state index in [1.165, 1.54) is 6.42 Å². The Balaban J connectivity index is 2.02. The van der Waals surface area contributed by atoms with E-state index in [0.29, 0.717) is 5.56 Å². The number of hydrogen-bond donors (Lipinski definition) is 2. The van der Waals surface area contributed by atoms with Gasteiger partial charge in [0.25, 0.3) is 5.91 Å². The van der Waals surface area contributed by atoms with Crippen molar-refractivity contribution in [2.45, 2.75) is 32.2 Å². The molecule has 0 aliphatic carbocycles. The average molecular weight is 262 g/mol. The zero-order chi connectivity index (χ0) is 13.7. The lowest BCUT2D eigenvalue weighted by atomic mass is 10.1. The Hall–Kier alpha value is -1.55. The maximum absolute atomic E-state index is 12.2. The zero-order valence-electron chi connectivity index (χ0n) is 11.7. The van der Waals surface area contributed by atoms with Crippen molar-refractivity contribution in [1.82, 2.24) is 10.6 Å². The molecular weight excluding hydrogens is 240 g/mol. The number of carbonyl (C=O) groups excluding carboxylic acids is 1. The van der Waals surface area contributed by atoms with Gasteiger partial charge >= 0.3 is 0 Å². The Morgan fingerprint density at radius 3 is 3.05 bits per heavy atom. The van der Waals surface area contributed by atoms with E-state index in [9.17, 15) is 4.79 Å². The van der Waals surface area contributed by atoms with Gasteiger partial charge in [-0.3, -0.25) is 4.79 Å². The third-order valence-electron chi connectivity index (χ3n) is 3.55. The molecular formula is C15H22N2O2. The van der Waals surface area contributed by atoms with Gasteiger partial charge in [-0.25, -0.2) is 0 Å². The molecule has 1 unspecified atom stereocenters. The van der Waals surface area contributed by atoms with Gasteiger partial charge in [0.15, 0.2) is 0 Å². The maximum Gasteiger partial charge on any atom is 0.251 e. The first kappa shape index (κ1) is 13.9. The van der Waals surface area contributed by atoms with Gasteiger partial charge in [-0.1, -0.05) is 12.5 Å². The summed E-state index contributed by atoms with van der Waals surface area (Å²) in [4.78, 5) is 12.2. The molecule has 0 aromatic heterocycles. The van der Waals surface area contributed by atoms with Crippen LogP contribution < -0.4 is 15.4 Å². The van der Waals surface area contributed by atoms with Gasteiger partial charge in [-0.2, -0.15) is 0 Å². The summed E-state index contributed by atoms with van der Waals surface area (Å²) in [5.74, 6) is 0.735. The predicted octanol–water partition coefficient (Wildman–Crippen LogP) is 1.88. The monoisotopic (exact) mass is 262 g/mol. The lowest BCUT2D eigenvalue weighted by Crippen LogP contribution is -2.40. The third-order valence-corrected chi connectivity index (χ3v) is 3.55. The molecule has 1 fully saturated rings. The number of amides is 1. The van der Waals surface area contributed by atoms with Gasteiger partial charge in [0.1, 0.15) is 5.75 Å². The first-order valence-corrected chi connectivity index (χ1v) is 6.87. The number of benzene rings is 1. The van der Waals surface area contributed by atoms with Crippen LogP contribution >= 0.6 is 0 Å². The van der Waals surface area contributed by atoms with E-state index in [1.54, 1.807) is 13.2 Å². The quantitative estimate of drug-likeness (QED) is 0.874. The molecule has 1 amide bonds. The fourth-order valence-corrected chi connectivity index (χ4v) is 2.37. The molecule has 1 aliphatic heterocycles. The predicted molar refractivity (Wildman–Crippen MR) is 75.7 cm³/mol. The first-order valence-electron chi connectivity index (χ1n) is 6.87. The summed E-state index contributed by atoms with van der Waals surface area (Å²) < 4.78 is 5.25. The lowest BCUT2D eigenvalue weighted by molar-refractivity contribution is 0.0935. The van der Waals surface area contributed by atoms with Crippen LogP contribution in [0.3, 0.4) is 0 Å². The van der Waals surface area contributed by atoms with Crippen LogP contribution in [0.1, 0.15) is 35.2 Å². The van der Waals surface area contributed by atoms with Gasteiger partial charge in [0.2, 0.25) is 0 Å². The summed E-state index contributed by atoms with van der Waals surface area (Å²) in [7, 11) is 1.62. The van der Waals surface area contributed by atoms with Gasteiger partial charge in [0, 0.05) is 18.2 Å². The summed E-state index contributed by atoms with van der Waals surface area (Å²) in [5, 5.41) is 6.44. The Kier molecular flexibility index (Phi) is 4.80. The summed E-state index contributed by atoms with van der Waals surface area (Å²) in [6, 6.07) is 5.79. The summed E-state index contributed by atoms with van der Waals surface area (Å²) in [5.41, 5.74) is 1.70. The van der Waals surface area contributed by atoms with E-state index >= 15 is 0 Å². The van der Waals surface area contributed by atoms with Crippen molar-refractivity contribution < 1.29 is 9.53 Å². The van der Waals surface area contributed by atoms with Crippen LogP contribution in [0.25, 0.3) is 0 Å². The van der Waals surface area contributed by atoms with Crippen molar-refractivity contribution in [3.8, 4) is 5.75 Å². The van der Waals surface area contributed by atoms with Crippen LogP contribution in [0, 0.1) is 6.92 Å². The number of methoxy groups -OCH3 is 1. The fourth-order valence-electron chi connectivity index (χ4n) is 2.37. The normalized spacial score (nSPS) is 19.6. The van der Waals surface area contributed by atoms with Crippen molar-refractivity contribution in [1.29, 1.82) is 0 Å². The molecule has 0 spiro atoms.